The number of aryl methyl sites for hydroxylation is 1. The van der Waals surface area contributed by atoms with Crippen LogP contribution in [-0.4, -0.2) is 11.9 Å². The molecule has 0 spiro atoms. The monoisotopic (exact) mass is 309 g/mol. The van der Waals surface area contributed by atoms with Crippen LogP contribution in [0.15, 0.2) is 18.2 Å². The van der Waals surface area contributed by atoms with E-state index < -0.39 is 11.6 Å². The lowest BCUT2D eigenvalue weighted by atomic mass is 9.77. The van der Waals surface area contributed by atoms with E-state index in [-0.39, 0.29) is 17.9 Å². The van der Waals surface area contributed by atoms with Crippen LogP contribution in [0.4, 0.5) is 8.78 Å². The number of carbonyl (C=O) groups excluding carboxylic acids is 1. The van der Waals surface area contributed by atoms with Crippen molar-refractivity contribution in [1.82, 2.24) is 5.32 Å². The van der Waals surface area contributed by atoms with Crippen LogP contribution in [0, 0.1) is 23.5 Å². The van der Waals surface area contributed by atoms with Crippen LogP contribution >= 0.6 is 0 Å². The van der Waals surface area contributed by atoms with Crippen LogP contribution in [0.5, 0.6) is 0 Å². The van der Waals surface area contributed by atoms with Crippen molar-refractivity contribution in [2.75, 3.05) is 0 Å². The van der Waals surface area contributed by atoms with Gasteiger partial charge in [-0.05, 0) is 56.7 Å². The summed E-state index contributed by atoms with van der Waals surface area (Å²) < 4.78 is 26.5. The minimum Gasteiger partial charge on any atom is -0.354 e. The van der Waals surface area contributed by atoms with Crippen molar-refractivity contribution in [2.24, 2.45) is 11.8 Å². The SMILES string of the molecule is CC(C)NC(=O)C(CCc1cc(F)cc(F)c1)CC1CCC1. The smallest absolute Gasteiger partial charge is 0.223 e. The Morgan fingerprint density at radius 1 is 1.23 bits per heavy atom. The molecule has 4 heteroatoms. The molecule has 0 radical (unpaired) electrons. The summed E-state index contributed by atoms with van der Waals surface area (Å²) in [6.45, 7) is 3.89. The first-order valence-electron chi connectivity index (χ1n) is 8.19. The molecule has 0 aliphatic heterocycles. The predicted molar refractivity (Wildman–Crippen MR) is 83.4 cm³/mol. The maximum absolute atomic E-state index is 13.2. The molecule has 1 unspecified atom stereocenters. The molecule has 0 heterocycles. The molecule has 2 rings (SSSR count). The first kappa shape index (κ1) is 16.9. The third-order valence-corrected chi connectivity index (χ3v) is 4.35. The Morgan fingerprint density at radius 2 is 1.86 bits per heavy atom. The molecule has 1 aromatic rings. The van der Waals surface area contributed by atoms with Crippen molar-refractivity contribution in [1.29, 1.82) is 0 Å². The summed E-state index contributed by atoms with van der Waals surface area (Å²) in [5.41, 5.74) is 0.619. The van der Waals surface area contributed by atoms with E-state index >= 15 is 0 Å². The molecule has 22 heavy (non-hydrogen) atoms. The van der Waals surface area contributed by atoms with Crippen molar-refractivity contribution >= 4 is 5.91 Å². The number of halogens is 2. The summed E-state index contributed by atoms with van der Waals surface area (Å²) in [6.07, 6.45) is 5.68. The highest BCUT2D eigenvalue weighted by Gasteiger charge is 2.26. The summed E-state index contributed by atoms with van der Waals surface area (Å²) in [5, 5.41) is 2.97. The molecule has 1 atom stereocenters. The van der Waals surface area contributed by atoms with Gasteiger partial charge in [0, 0.05) is 18.0 Å². The van der Waals surface area contributed by atoms with Crippen LogP contribution < -0.4 is 5.32 Å². The Labute approximate surface area is 131 Å². The average Bonchev–Trinajstić information content (AvgIpc) is 2.34. The van der Waals surface area contributed by atoms with Gasteiger partial charge in [-0.2, -0.15) is 0 Å². The van der Waals surface area contributed by atoms with Crippen molar-refractivity contribution < 1.29 is 13.6 Å². The van der Waals surface area contributed by atoms with E-state index in [4.69, 9.17) is 0 Å². The second kappa shape index (κ2) is 7.70. The van der Waals surface area contributed by atoms with Gasteiger partial charge < -0.3 is 5.32 Å². The second-order valence-electron chi connectivity index (χ2n) is 6.71. The predicted octanol–water partition coefficient (Wildman–Crippen LogP) is 4.23. The third kappa shape index (κ3) is 5.08. The van der Waals surface area contributed by atoms with Crippen molar-refractivity contribution in [2.45, 2.75) is 58.4 Å². The van der Waals surface area contributed by atoms with Gasteiger partial charge in [-0.1, -0.05) is 19.3 Å². The first-order chi connectivity index (χ1) is 10.4. The molecule has 1 amide bonds. The van der Waals surface area contributed by atoms with E-state index in [9.17, 15) is 13.6 Å². The van der Waals surface area contributed by atoms with E-state index in [1.165, 1.54) is 31.4 Å². The number of amides is 1. The van der Waals surface area contributed by atoms with Gasteiger partial charge >= 0.3 is 0 Å². The summed E-state index contributed by atoms with van der Waals surface area (Å²) in [4.78, 5) is 12.3. The molecular formula is C18H25F2NO. The number of hydrogen-bond donors (Lipinski definition) is 1. The quantitative estimate of drug-likeness (QED) is 0.802. The van der Waals surface area contributed by atoms with Crippen LogP contribution in [0.25, 0.3) is 0 Å². The molecule has 0 aromatic heterocycles. The van der Waals surface area contributed by atoms with E-state index in [0.717, 1.165) is 12.5 Å². The normalized spacial score (nSPS) is 16.4. The summed E-state index contributed by atoms with van der Waals surface area (Å²) in [5.74, 6) is -0.487. The minimum atomic E-state index is -0.558. The molecule has 2 nitrogen and oxygen atoms in total. The number of rotatable bonds is 7. The number of carbonyl (C=O) groups is 1. The minimum absolute atomic E-state index is 0.0683. The van der Waals surface area contributed by atoms with Gasteiger partial charge in [0.15, 0.2) is 0 Å². The fourth-order valence-corrected chi connectivity index (χ4v) is 2.99. The third-order valence-electron chi connectivity index (χ3n) is 4.35. The fourth-order valence-electron chi connectivity index (χ4n) is 2.99. The molecule has 1 saturated carbocycles. The fraction of sp³-hybridized carbons (Fsp3) is 0.611. The molecule has 0 saturated heterocycles. The zero-order valence-corrected chi connectivity index (χ0v) is 13.4. The highest BCUT2D eigenvalue weighted by Crippen LogP contribution is 2.33. The Kier molecular flexibility index (Phi) is 5.92. The standard InChI is InChI=1S/C18H25F2NO/c1-12(2)21-18(22)15(8-13-4-3-5-13)7-6-14-9-16(19)11-17(20)10-14/h9-13,15H,3-8H2,1-2H3,(H,21,22). The summed E-state index contributed by atoms with van der Waals surface area (Å²) >= 11 is 0. The van der Waals surface area contributed by atoms with Gasteiger partial charge in [0.05, 0.1) is 0 Å². The van der Waals surface area contributed by atoms with Gasteiger partial charge in [-0.25, -0.2) is 8.78 Å². The van der Waals surface area contributed by atoms with E-state index in [1.54, 1.807) is 0 Å². The molecule has 122 valence electrons. The average molecular weight is 309 g/mol. The molecule has 1 aliphatic rings. The summed E-state index contributed by atoms with van der Waals surface area (Å²) in [7, 11) is 0. The largest absolute Gasteiger partial charge is 0.354 e. The van der Waals surface area contributed by atoms with E-state index in [1.807, 2.05) is 13.8 Å². The molecule has 0 bridgehead atoms. The van der Waals surface area contributed by atoms with Crippen LogP contribution in [0.1, 0.15) is 51.5 Å². The number of benzene rings is 1. The zero-order valence-electron chi connectivity index (χ0n) is 13.4. The molecule has 1 N–H and O–H groups in total. The Bertz CT molecular complexity index is 492. The molecule has 1 fully saturated rings. The highest BCUT2D eigenvalue weighted by atomic mass is 19.1. The maximum atomic E-state index is 13.2. The van der Waals surface area contributed by atoms with Crippen LogP contribution in [0.3, 0.4) is 0 Å². The lowest BCUT2D eigenvalue weighted by Gasteiger charge is -2.29. The molecule has 1 aromatic carbocycles. The van der Waals surface area contributed by atoms with Crippen molar-refractivity contribution in [3.05, 3.63) is 35.4 Å². The van der Waals surface area contributed by atoms with Crippen LogP contribution in [0.2, 0.25) is 0 Å². The highest BCUT2D eigenvalue weighted by molar-refractivity contribution is 5.78. The number of nitrogens with one attached hydrogen (secondary N) is 1. The topological polar surface area (TPSA) is 29.1 Å². The summed E-state index contributed by atoms with van der Waals surface area (Å²) in [6, 6.07) is 3.69. The second-order valence-corrected chi connectivity index (χ2v) is 6.71. The lowest BCUT2D eigenvalue weighted by Crippen LogP contribution is -2.37. The van der Waals surface area contributed by atoms with Gasteiger partial charge in [0.25, 0.3) is 0 Å². The lowest BCUT2D eigenvalue weighted by molar-refractivity contribution is -0.126. The Hall–Kier alpha value is -1.45. The molecular weight excluding hydrogens is 284 g/mol. The van der Waals surface area contributed by atoms with Crippen LogP contribution in [-0.2, 0) is 11.2 Å². The Morgan fingerprint density at radius 3 is 2.36 bits per heavy atom. The molecule has 1 aliphatic carbocycles. The Balaban J connectivity index is 1.96. The maximum Gasteiger partial charge on any atom is 0.223 e. The van der Waals surface area contributed by atoms with Gasteiger partial charge in [0.2, 0.25) is 5.91 Å². The first-order valence-corrected chi connectivity index (χ1v) is 8.19. The van der Waals surface area contributed by atoms with E-state index in [2.05, 4.69) is 5.32 Å². The zero-order chi connectivity index (χ0) is 16.1. The van der Waals surface area contributed by atoms with Crippen molar-refractivity contribution in [3.63, 3.8) is 0 Å². The van der Waals surface area contributed by atoms with Gasteiger partial charge in [-0.15, -0.1) is 0 Å². The van der Waals surface area contributed by atoms with E-state index in [0.29, 0.717) is 24.3 Å². The van der Waals surface area contributed by atoms with Gasteiger partial charge in [0.1, 0.15) is 11.6 Å². The van der Waals surface area contributed by atoms with Crippen molar-refractivity contribution in [3.8, 4) is 0 Å². The van der Waals surface area contributed by atoms with Gasteiger partial charge in [-0.3, -0.25) is 4.79 Å². The number of hydrogen-bond acceptors (Lipinski definition) is 1.